The van der Waals surface area contributed by atoms with Crippen LogP contribution in [-0.2, 0) is 14.3 Å². The minimum atomic E-state index is -1.56. The molecular weight excluding hydrogens is 462 g/mol. The van der Waals surface area contributed by atoms with E-state index in [1.54, 1.807) is 41.3 Å². The van der Waals surface area contributed by atoms with Crippen LogP contribution in [0.5, 0.6) is 5.75 Å². The third-order valence-corrected chi connectivity index (χ3v) is 7.48. The largest absolute Gasteiger partial charge is 0.425 e. The molecule has 1 amide bonds. The van der Waals surface area contributed by atoms with Crippen molar-refractivity contribution in [2.45, 2.75) is 19.3 Å². The molecule has 0 bridgehead atoms. The molecule has 1 saturated carbocycles. The summed E-state index contributed by atoms with van der Waals surface area (Å²) < 4.78 is 11.9. The Morgan fingerprint density at radius 3 is 2.52 bits per heavy atom. The van der Waals surface area contributed by atoms with E-state index in [1.807, 2.05) is 19.1 Å². The number of hydrogen-bond donors (Lipinski definition) is 0. The second-order valence-corrected chi connectivity index (χ2v) is 9.15. The topological polar surface area (TPSA) is 72.9 Å². The molecule has 0 aromatic heterocycles. The number of nitrogens with zero attached hydrogens (tertiary/aromatic N) is 1. The van der Waals surface area contributed by atoms with Crippen LogP contribution in [0.3, 0.4) is 0 Å². The molecule has 3 atom stereocenters. The van der Waals surface area contributed by atoms with Crippen LogP contribution in [0.25, 0.3) is 0 Å². The van der Waals surface area contributed by atoms with Gasteiger partial charge in [0.25, 0.3) is 0 Å². The normalized spacial score (nSPS) is 28.9. The molecule has 2 aliphatic heterocycles. The van der Waals surface area contributed by atoms with Gasteiger partial charge in [0.15, 0.2) is 11.2 Å². The molecule has 160 valence electrons. The molecule has 1 saturated heterocycles. The molecule has 0 spiro atoms. The van der Waals surface area contributed by atoms with Crippen molar-refractivity contribution in [2.75, 3.05) is 26.3 Å². The number of benzene rings is 2. The molecule has 5 rings (SSSR count). The fourth-order valence-electron chi connectivity index (χ4n) is 5.57. The van der Waals surface area contributed by atoms with Crippen molar-refractivity contribution in [3.63, 3.8) is 0 Å². The lowest BCUT2D eigenvalue weighted by Crippen LogP contribution is -2.51. The number of carbonyl (C=O) groups excluding carboxylic acids is 3. The van der Waals surface area contributed by atoms with Gasteiger partial charge in [-0.1, -0.05) is 53.2 Å². The first-order chi connectivity index (χ1) is 15.0. The molecule has 6 nitrogen and oxygen atoms in total. The second kappa shape index (κ2) is 7.28. The van der Waals surface area contributed by atoms with Crippen molar-refractivity contribution in [1.82, 2.24) is 4.90 Å². The summed E-state index contributed by atoms with van der Waals surface area (Å²) in [6.07, 6.45) is 0.350. The zero-order valence-electron chi connectivity index (χ0n) is 17.1. The van der Waals surface area contributed by atoms with Crippen LogP contribution < -0.4 is 4.74 Å². The standard InChI is InChI=1S/C24H22BrNO5/c1-2-23(20(27)15-6-4-3-5-7-15)19-17-14-16(25)8-9-18(17)31-22(29)24(19,23)21(28)26-10-12-30-13-11-26/h3-9,14,19H,2,10-13H2,1H3/t19-,23+,24+/m1/s1. The number of rotatable bonds is 4. The summed E-state index contributed by atoms with van der Waals surface area (Å²) in [5, 5.41) is 0. The predicted molar refractivity (Wildman–Crippen MR) is 116 cm³/mol. The first-order valence-corrected chi connectivity index (χ1v) is 11.3. The molecule has 2 aromatic rings. The quantitative estimate of drug-likeness (QED) is 0.287. The van der Waals surface area contributed by atoms with Gasteiger partial charge in [-0.15, -0.1) is 0 Å². The van der Waals surface area contributed by atoms with E-state index in [0.717, 1.165) is 10.0 Å². The van der Waals surface area contributed by atoms with Gasteiger partial charge in [-0.25, -0.2) is 0 Å². The van der Waals surface area contributed by atoms with E-state index in [-0.39, 0.29) is 11.7 Å². The zero-order chi connectivity index (χ0) is 21.8. The van der Waals surface area contributed by atoms with Crippen LogP contribution >= 0.6 is 15.9 Å². The molecular formula is C24H22BrNO5. The van der Waals surface area contributed by atoms with Crippen LogP contribution in [0.15, 0.2) is 53.0 Å². The lowest BCUT2D eigenvalue weighted by Gasteiger charge is -2.32. The smallest absolute Gasteiger partial charge is 0.328 e. The van der Waals surface area contributed by atoms with Crippen molar-refractivity contribution in [2.24, 2.45) is 10.8 Å². The minimum Gasteiger partial charge on any atom is -0.425 e. The summed E-state index contributed by atoms with van der Waals surface area (Å²) in [7, 11) is 0. The number of ether oxygens (including phenoxy) is 2. The van der Waals surface area contributed by atoms with Crippen LogP contribution in [0, 0.1) is 10.8 Å². The molecule has 0 radical (unpaired) electrons. The number of hydrogen-bond acceptors (Lipinski definition) is 5. The summed E-state index contributed by atoms with van der Waals surface area (Å²) >= 11 is 3.49. The van der Waals surface area contributed by atoms with Gasteiger partial charge in [0.2, 0.25) is 5.91 Å². The van der Waals surface area contributed by atoms with Gasteiger partial charge in [0, 0.05) is 34.6 Å². The number of esters is 1. The van der Waals surface area contributed by atoms with Gasteiger partial charge in [0.05, 0.1) is 18.6 Å². The van der Waals surface area contributed by atoms with Crippen LogP contribution in [0.1, 0.15) is 35.2 Å². The molecule has 7 heteroatoms. The van der Waals surface area contributed by atoms with E-state index in [4.69, 9.17) is 9.47 Å². The lowest BCUT2D eigenvalue weighted by atomic mass is 9.82. The Hall–Kier alpha value is -2.51. The highest BCUT2D eigenvalue weighted by atomic mass is 79.9. The molecule has 3 aliphatic rings. The number of carbonyl (C=O) groups is 3. The number of fused-ring (bicyclic) bond motifs is 3. The zero-order valence-corrected chi connectivity index (χ0v) is 18.7. The average Bonchev–Trinajstić information content (AvgIpc) is 3.46. The maximum Gasteiger partial charge on any atom is 0.328 e. The van der Waals surface area contributed by atoms with Crippen LogP contribution in [0.4, 0.5) is 0 Å². The minimum absolute atomic E-state index is 0.188. The van der Waals surface area contributed by atoms with E-state index >= 15 is 0 Å². The number of morpholine rings is 1. The Bertz CT molecular complexity index is 1080. The van der Waals surface area contributed by atoms with Crippen LogP contribution in [0.2, 0.25) is 0 Å². The first-order valence-electron chi connectivity index (χ1n) is 10.5. The van der Waals surface area contributed by atoms with E-state index in [1.165, 1.54) is 0 Å². The molecule has 2 fully saturated rings. The Morgan fingerprint density at radius 2 is 1.84 bits per heavy atom. The van der Waals surface area contributed by atoms with E-state index in [9.17, 15) is 14.4 Å². The summed E-state index contributed by atoms with van der Waals surface area (Å²) in [5.41, 5.74) is -1.52. The Balaban J connectivity index is 1.71. The molecule has 0 N–H and O–H groups in total. The number of amides is 1. The van der Waals surface area contributed by atoms with E-state index in [0.29, 0.717) is 44.0 Å². The maximum atomic E-state index is 13.9. The molecule has 2 heterocycles. The summed E-state index contributed by atoms with van der Waals surface area (Å²) in [5.74, 6) is -1.30. The highest BCUT2D eigenvalue weighted by molar-refractivity contribution is 9.10. The van der Waals surface area contributed by atoms with Crippen molar-refractivity contribution in [1.29, 1.82) is 0 Å². The molecule has 31 heavy (non-hydrogen) atoms. The number of Topliss-reactive ketones (excluding diaryl/α,β-unsaturated/α-hetero) is 1. The predicted octanol–water partition coefficient (Wildman–Crippen LogP) is 3.59. The Morgan fingerprint density at radius 1 is 1.13 bits per heavy atom. The average molecular weight is 484 g/mol. The van der Waals surface area contributed by atoms with Gasteiger partial charge in [-0.05, 0) is 24.6 Å². The van der Waals surface area contributed by atoms with Gasteiger partial charge in [-0.2, -0.15) is 0 Å². The summed E-state index contributed by atoms with van der Waals surface area (Å²) in [4.78, 5) is 43.1. The maximum absolute atomic E-state index is 13.9. The number of ketones is 1. The fraction of sp³-hybridized carbons (Fsp3) is 0.375. The highest BCUT2D eigenvalue weighted by Crippen LogP contribution is 2.80. The van der Waals surface area contributed by atoms with Crippen molar-refractivity contribution in [3.05, 3.63) is 64.1 Å². The third kappa shape index (κ3) is 2.62. The SMILES string of the molecule is CC[C@@]1(C(=O)c2ccccc2)[C@H]2c3cc(Br)ccc3OC(=O)[C@@]21C(=O)N1CCOCC1. The molecule has 1 aliphatic carbocycles. The van der Waals surface area contributed by atoms with Crippen LogP contribution in [-0.4, -0.2) is 48.9 Å². The highest BCUT2D eigenvalue weighted by Gasteiger charge is 2.89. The van der Waals surface area contributed by atoms with Gasteiger partial charge < -0.3 is 14.4 Å². The van der Waals surface area contributed by atoms with Crippen molar-refractivity contribution >= 4 is 33.6 Å². The lowest BCUT2D eigenvalue weighted by molar-refractivity contribution is -0.156. The Kier molecular flexibility index (Phi) is 4.79. The van der Waals surface area contributed by atoms with Gasteiger partial charge in [-0.3, -0.25) is 14.4 Å². The van der Waals surface area contributed by atoms with Crippen molar-refractivity contribution in [3.8, 4) is 5.75 Å². The fourth-order valence-corrected chi connectivity index (χ4v) is 5.95. The molecule has 0 unspecified atom stereocenters. The van der Waals surface area contributed by atoms with Gasteiger partial charge in [0.1, 0.15) is 5.75 Å². The van der Waals surface area contributed by atoms with E-state index in [2.05, 4.69) is 15.9 Å². The molecule has 2 aromatic carbocycles. The Labute approximate surface area is 188 Å². The third-order valence-electron chi connectivity index (χ3n) is 6.99. The summed E-state index contributed by atoms with van der Waals surface area (Å²) in [6.45, 7) is 3.49. The van der Waals surface area contributed by atoms with Crippen molar-refractivity contribution < 1.29 is 23.9 Å². The second-order valence-electron chi connectivity index (χ2n) is 8.24. The number of halogens is 1. The van der Waals surface area contributed by atoms with E-state index < -0.39 is 22.7 Å². The van der Waals surface area contributed by atoms with Gasteiger partial charge >= 0.3 is 5.97 Å². The first kappa shape index (κ1) is 20.4. The monoisotopic (exact) mass is 483 g/mol. The summed E-state index contributed by atoms with van der Waals surface area (Å²) in [6, 6.07) is 14.3.